The van der Waals surface area contributed by atoms with Crippen LogP contribution in [0.4, 0.5) is 0 Å². The van der Waals surface area contributed by atoms with E-state index < -0.39 is 17.7 Å². The smallest absolute Gasteiger partial charge is 0.295 e. The number of amides is 1. The summed E-state index contributed by atoms with van der Waals surface area (Å²) in [6.07, 6.45) is 0. The predicted molar refractivity (Wildman–Crippen MR) is 116 cm³/mol. The number of carbonyl (C=O) groups is 2. The van der Waals surface area contributed by atoms with Gasteiger partial charge in [0.2, 0.25) is 0 Å². The van der Waals surface area contributed by atoms with E-state index in [2.05, 4.69) is 4.90 Å². The molecule has 4 rings (SSSR count). The average molecular weight is 422 g/mol. The van der Waals surface area contributed by atoms with Gasteiger partial charge in [0.25, 0.3) is 11.7 Å². The lowest BCUT2D eigenvalue weighted by atomic mass is 9.94. The van der Waals surface area contributed by atoms with Crippen LogP contribution in [0.15, 0.2) is 54.1 Å². The number of morpholine rings is 1. The van der Waals surface area contributed by atoms with Gasteiger partial charge < -0.3 is 19.8 Å². The molecule has 2 heterocycles. The highest BCUT2D eigenvalue weighted by atomic mass is 16.5. The zero-order valence-electron chi connectivity index (χ0n) is 17.5. The van der Waals surface area contributed by atoms with Crippen LogP contribution in [-0.4, -0.2) is 71.1 Å². The molecule has 0 bridgehead atoms. The molecule has 162 valence electrons. The molecule has 31 heavy (non-hydrogen) atoms. The minimum Gasteiger partial charge on any atom is -0.507 e. The van der Waals surface area contributed by atoms with Crippen molar-refractivity contribution in [3.63, 3.8) is 0 Å². The zero-order valence-corrected chi connectivity index (χ0v) is 17.5. The average Bonchev–Trinajstić information content (AvgIpc) is 3.05. The molecule has 2 fully saturated rings. The summed E-state index contributed by atoms with van der Waals surface area (Å²) < 4.78 is 5.38. The van der Waals surface area contributed by atoms with Crippen LogP contribution in [0.1, 0.15) is 22.7 Å². The Balaban J connectivity index is 1.75. The summed E-state index contributed by atoms with van der Waals surface area (Å²) >= 11 is 0. The third kappa shape index (κ3) is 4.19. The fourth-order valence-electron chi connectivity index (χ4n) is 4.15. The number of aromatic hydroxyl groups is 1. The molecule has 1 unspecified atom stereocenters. The number of ketones is 1. The van der Waals surface area contributed by atoms with Crippen molar-refractivity contribution >= 4 is 17.4 Å². The third-order valence-corrected chi connectivity index (χ3v) is 5.82. The maximum Gasteiger partial charge on any atom is 0.295 e. The van der Waals surface area contributed by atoms with Gasteiger partial charge in [0.15, 0.2) is 0 Å². The minimum absolute atomic E-state index is 0.000854. The number of aryl methyl sites for hydroxylation is 1. The lowest BCUT2D eigenvalue weighted by Gasteiger charge is -2.31. The lowest BCUT2D eigenvalue weighted by molar-refractivity contribution is -0.140. The summed E-state index contributed by atoms with van der Waals surface area (Å²) in [6.45, 7) is 5.62. The molecule has 2 aromatic rings. The number of nitrogens with zero attached hydrogens (tertiary/aromatic N) is 2. The van der Waals surface area contributed by atoms with Crippen molar-refractivity contribution in [2.45, 2.75) is 13.0 Å². The maximum absolute atomic E-state index is 13.0. The second-order valence-corrected chi connectivity index (χ2v) is 7.88. The number of phenols is 1. The normalized spacial score (nSPS) is 21.6. The van der Waals surface area contributed by atoms with Gasteiger partial charge in [-0.05, 0) is 24.6 Å². The first kappa shape index (κ1) is 21.1. The molecular weight excluding hydrogens is 396 g/mol. The second-order valence-electron chi connectivity index (χ2n) is 7.88. The predicted octanol–water partition coefficient (Wildman–Crippen LogP) is 2.45. The van der Waals surface area contributed by atoms with E-state index in [4.69, 9.17) is 4.74 Å². The number of carbonyl (C=O) groups excluding carboxylic acids is 2. The summed E-state index contributed by atoms with van der Waals surface area (Å²) in [7, 11) is 0. The van der Waals surface area contributed by atoms with Gasteiger partial charge in [-0.1, -0.05) is 42.0 Å². The van der Waals surface area contributed by atoms with Crippen molar-refractivity contribution in [2.24, 2.45) is 0 Å². The fraction of sp³-hybridized carbons (Fsp3) is 0.333. The first-order chi connectivity index (χ1) is 15.0. The molecule has 0 aromatic heterocycles. The van der Waals surface area contributed by atoms with Gasteiger partial charge in [0.1, 0.15) is 11.5 Å². The van der Waals surface area contributed by atoms with Crippen LogP contribution in [-0.2, 0) is 14.3 Å². The Morgan fingerprint density at radius 3 is 2.48 bits per heavy atom. The van der Waals surface area contributed by atoms with E-state index in [1.165, 1.54) is 11.0 Å². The van der Waals surface area contributed by atoms with Gasteiger partial charge in [0.05, 0.1) is 30.4 Å². The number of likely N-dealkylation sites (tertiary alicyclic amines) is 1. The molecule has 2 N–H and O–H groups in total. The molecule has 0 aliphatic carbocycles. The lowest BCUT2D eigenvalue weighted by Crippen LogP contribution is -2.42. The van der Waals surface area contributed by atoms with Gasteiger partial charge in [0, 0.05) is 26.2 Å². The van der Waals surface area contributed by atoms with Crippen molar-refractivity contribution in [2.75, 3.05) is 39.4 Å². The Morgan fingerprint density at radius 2 is 1.77 bits per heavy atom. The highest BCUT2D eigenvalue weighted by molar-refractivity contribution is 6.46. The van der Waals surface area contributed by atoms with Crippen LogP contribution >= 0.6 is 0 Å². The number of rotatable bonds is 5. The van der Waals surface area contributed by atoms with E-state index in [0.717, 1.165) is 24.2 Å². The number of aliphatic hydroxyl groups excluding tert-OH is 1. The molecule has 2 aromatic carbocycles. The highest BCUT2D eigenvalue weighted by Crippen LogP contribution is 2.40. The number of benzene rings is 2. The van der Waals surface area contributed by atoms with Crippen LogP contribution in [0.25, 0.3) is 5.76 Å². The highest BCUT2D eigenvalue weighted by Gasteiger charge is 2.46. The Bertz CT molecular complexity index is 1010. The summed E-state index contributed by atoms with van der Waals surface area (Å²) in [5, 5.41) is 21.4. The van der Waals surface area contributed by atoms with Crippen molar-refractivity contribution in [3.8, 4) is 5.75 Å². The van der Waals surface area contributed by atoms with E-state index in [-0.39, 0.29) is 22.6 Å². The molecule has 0 saturated carbocycles. The van der Waals surface area contributed by atoms with Crippen LogP contribution in [0.2, 0.25) is 0 Å². The second kappa shape index (κ2) is 8.91. The monoisotopic (exact) mass is 422 g/mol. The summed E-state index contributed by atoms with van der Waals surface area (Å²) in [5.74, 6) is -1.89. The number of hydrogen-bond acceptors (Lipinski definition) is 6. The molecule has 1 atom stereocenters. The van der Waals surface area contributed by atoms with Crippen LogP contribution in [0.3, 0.4) is 0 Å². The van der Waals surface area contributed by atoms with E-state index in [1.54, 1.807) is 12.1 Å². The molecule has 0 spiro atoms. The van der Waals surface area contributed by atoms with Crippen molar-refractivity contribution < 1.29 is 24.5 Å². The van der Waals surface area contributed by atoms with E-state index in [9.17, 15) is 19.8 Å². The topological polar surface area (TPSA) is 90.3 Å². The SMILES string of the molecule is Cc1ccc(O)c(C(O)=C2C(=O)C(=O)N(CCN3CCOCC3)C2c2ccccc2)c1. The zero-order chi connectivity index (χ0) is 22.0. The molecule has 0 radical (unpaired) electrons. The molecule has 7 nitrogen and oxygen atoms in total. The van der Waals surface area contributed by atoms with Gasteiger partial charge in [-0.15, -0.1) is 0 Å². The third-order valence-electron chi connectivity index (χ3n) is 5.82. The number of hydrogen-bond donors (Lipinski definition) is 2. The minimum atomic E-state index is -0.741. The maximum atomic E-state index is 13.0. The number of Topliss-reactive ketones (excluding diaryl/α,β-unsaturated/α-hetero) is 1. The van der Waals surface area contributed by atoms with Crippen LogP contribution in [0.5, 0.6) is 5.75 Å². The first-order valence-electron chi connectivity index (χ1n) is 10.4. The van der Waals surface area contributed by atoms with Gasteiger partial charge >= 0.3 is 0 Å². The largest absolute Gasteiger partial charge is 0.507 e. The van der Waals surface area contributed by atoms with Crippen molar-refractivity contribution in [1.82, 2.24) is 9.80 Å². The van der Waals surface area contributed by atoms with Crippen LogP contribution in [0, 0.1) is 6.92 Å². The van der Waals surface area contributed by atoms with E-state index in [1.807, 2.05) is 37.3 Å². The fourth-order valence-corrected chi connectivity index (χ4v) is 4.15. The Kier molecular flexibility index (Phi) is 6.06. The Hall–Kier alpha value is -3.16. The summed E-state index contributed by atoms with van der Waals surface area (Å²) in [4.78, 5) is 29.7. The molecule has 2 aliphatic rings. The van der Waals surface area contributed by atoms with Crippen LogP contribution < -0.4 is 0 Å². The molecule has 7 heteroatoms. The quantitative estimate of drug-likeness (QED) is 0.437. The Labute approximate surface area is 181 Å². The van der Waals surface area contributed by atoms with Gasteiger partial charge in [-0.2, -0.15) is 0 Å². The first-order valence-corrected chi connectivity index (χ1v) is 10.4. The van der Waals surface area contributed by atoms with Crippen molar-refractivity contribution in [3.05, 3.63) is 70.8 Å². The molecule has 2 saturated heterocycles. The number of ether oxygens (including phenoxy) is 1. The van der Waals surface area contributed by atoms with E-state index in [0.29, 0.717) is 26.3 Å². The molecule has 2 aliphatic heterocycles. The number of aliphatic hydroxyl groups is 1. The summed E-state index contributed by atoms with van der Waals surface area (Å²) in [5.41, 5.74) is 1.70. The number of phenolic OH excluding ortho intramolecular Hbond substituents is 1. The Morgan fingerprint density at radius 1 is 1.06 bits per heavy atom. The van der Waals surface area contributed by atoms with Gasteiger partial charge in [-0.3, -0.25) is 14.5 Å². The van der Waals surface area contributed by atoms with E-state index >= 15 is 0 Å². The van der Waals surface area contributed by atoms with Gasteiger partial charge in [-0.25, -0.2) is 0 Å². The molecular formula is C24H26N2O5. The standard InChI is InChI=1S/C24H26N2O5/c1-16-7-8-19(27)18(15-16)22(28)20-21(17-5-3-2-4-6-17)26(24(30)23(20)29)10-9-25-11-13-31-14-12-25/h2-8,15,21,27-28H,9-14H2,1H3. The molecule has 1 amide bonds. The summed E-state index contributed by atoms with van der Waals surface area (Å²) in [6, 6.07) is 13.3. The van der Waals surface area contributed by atoms with Crippen molar-refractivity contribution in [1.29, 1.82) is 0 Å².